The lowest BCUT2D eigenvalue weighted by Crippen LogP contribution is -2.03. The molecule has 3 nitrogen and oxygen atoms in total. The molecule has 1 aromatic heterocycles. The standard InChI is InChI=1S/C17H16N2O/c18-12-15-11-16(19-20-15)17(13-7-3-1-4-8-13)14-9-5-2-6-10-14/h1-11,17H,12,18H2. The van der Waals surface area contributed by atoms with Gasteiger partial charge in [0.1, 0.15) is 0 Å². The van der Waals surface area contributed by atoms with Gasteiger partial charge in [-0.15, -0.1) is 0 Å². The molecule has 0 amide bonds. The Labute approximate surface area is 118 Å². The molecule has 2 aromatic carbocycles. The molecule has 0 unspecified atom stereocenters. The highest BCUT2D eigenvalue weighted by Gasteiger charge is 2.20. The smallest absolute Gasteiger partial charge is 0.150 e. The lowest BCUT2D eigenvalue weighted by atomic mass is 9.88. The fourth-order valence-electron chi connectivity index (χ4n) is 2.39. The molecule has 1 heterocycles. The molecule has 0 atom stereocenters. The zero-order valence-corrected chi connectivity index (χ0v) is 11.1. The number of nitrogens with zero attached hydrogens (tertiary/aromatic N) is 1. The van der Waals surface area contributed by atoms with Crippen molar-refractivity contribution in [1.29, 1.82) is 0 Å². The molecule has 0 aliphatic rings. The van der Waals surface area contributed by atoms with E-state index in [4.69, 9.17) is 10.3 Å². The van der Waals surface area contributed by atoms with E-state index in [2.05, 4.69) is 29.4 Å². The zero-order chi connectivity index (χ0) is 13.8. The third-order valence-corrected chi connectivity index (χ3v) is 3.34. The predicted molar refractivity (Wildman–Crippen MR) is 78.2 cm³/mol. The average Bonchev–Trinajstić information content (AvgIpc) is 2.98. The molecule has 0 saturated heterocycles. The normalized spacial score (nSPS) is 10.9. The largest absolute Gasteiger partial charge is 0.360 e. The molecule has 0 aliphatic carbocycles. The van der Waals surface area contributed by atoms with Crippen molar-refractivity contribution < 1.29 is 4.52 Å². The van der Waals surface area contributed by atoms with Gasteiger partial charge >= 0.3 is 0 Å². The number of rotatable bonds is 4. The molecule has 3 aromatic rings. The van der Waals surface area contributed by atoms with Gasteiger partial charge in [-0.25, -0.2) is 0 Å². The molecule has 0 spiro atoms. The van der Waals surface area contributed by atoms with Gasteiger partial charge in [0.15, 0.2) is 5.76 Å². The van der Waals surface area contributed by atoms with Crippen molar-refractivity contribution in [1.82, 2.24) is 5.16 Å². The summed E-state index contributed by atoms with van der Waals surface area (Å²) in [4.78, 5) is 0. The fourth-order valence-corrected chi connectivity index (χ4v) is 2.39. The second kappa shape index (κ2) is 5.72. The summed E-state index contributed by atoms with van der Waals surface area (Å²) < 4.78 is 5.26. The van der Waals surface area contributed by atoms with Gasteiger partial charge in [0.2, 0.25) is 0 Å². The number of hydrogen-bond acceptors (Lipinski definition) is 3. The second-order valence-electron chi connectivity index (χ2n) is 4.68. The van der Waals surface area contributed by atoms with Gasteiger partial charge in [0.05, 0.1) is 18.2 Å². The zero-order valence-electron chi connectivity index (χ0n) is 11.1. The Balaban J connectivity index is 2.09. The van der Waals surface area contributed by atoms with E-state index in [9.17, 15) is 0 Å². The minimum Gasteiger partial charge on any atom is -0.360 e. The van der Waals surface area contributed by atoms with Gasteiger partial charge in [0, 0.05) is 6.07 Å². The average molecular weight is 264 g/mol. The SMILES string of the molecule is NCc1cc(C(c2ccccc2)c2ccccc2)no1. The Morgan fingerprint density at radius 3 is 1.90 bits per heavy atom. The van der Waals surface area contributed by atoms with Crippen LogP contribution in [-0.2, 0) is 6.54 Å². The Bertz CT molecular complexity index is 622. The number of nitrogens with two attached hydrogens (primary N) is 1. The molecule has 0 saturated carbocycles. The van der Waals surface area contributed by atoms with Crippen LogP contribution in [0.2, 0.25) is 0 Å². The highest BCUT2D eigenvalue weighted by Crippen LogP contribution is 2.31. The molecule has 3 heteroatoms. The Kier molecular flexibility index (Phi) is 3.61. The summed E-state index contributed by atoms with van der Waals surface area (Å²) in [5.74, 6) is 0.776. The monoisotopic (exact) mass is 264 g/mol. The Hall–Kier alpha value is -2.39. The molecule has 0 fully saturated rings. The summed E-state index contributed by atoms with van der Waals surface area (Å²) in [5.41, 5.74) is 8.88. The van der Waals surface area contributed by atoms with Crippen molar-refractivity contribution in [3.8, 4) is 0 Å². The van der Waals surface area contributed by atoms with Crippen LogP contribution in [0, 0.1) is 0 Å². The highest BCUT2D eigenvalue weighted by molar-refractivity contribution is 5.40. The maximum atomic E-state index is 5.61. The molecule has 100 valence electrons. The molecule has 0 radical (unpaired) electrons. The molecule has 2 N–H and O–H groups in total. The topological polar surface area (TPSA) is 52.0 Å². The maximum Gasteiger partial charge on any atom is 0.150 e. The molecule has 20 heavy (non-hydrogen) atoms. The van der Waals surface area contributed by atoms with Crippen molar-refractivity contribution in [3.05, 3.63) is 89.3 Å². The molecular formula is C17H16N2O. The van der Waals surface area contributed by atoms with Gasteiger partial charge < -0.3 is 10.3 Å². The van der Waals surface area contributed by atoms with Crippen LogP contribution in [0.1, 0.15) is 28.5 Å². The van der Waals surface area contributed by atoms with Crippen LogP contribution >= 0.6 is 0 Å². The number of hydrogen-bond donors (Lipinski definition) is 1. The summed E-state index contributed by atoms with van der Waals surface area (Å²) in [6, 6.07) is 22.5. The first-order chi connectivity index (χ1) is 9.88. The van der Waals surface area contributed by atoms with Crippen LogP contribution in [0.3, 0.4) is 0 Å². The number of benzene rings is 2. The Morgan fingerprint density at radius 2 is 1.45 bits per heavy atom. The molecular weight excluding hydrogens is 248 g/mol. The lowest BCUT2D eigenvalue weighted by Gasteiger charge is -2.15. The van der Waals surface area contributed by atoms with Crippen molar-refractivity contribution in [3.63, 3.8) is 0 Å². The Morgan fingerprint density at radius 1 is 0.900 bits per heavy atom. The van der Waals surface area contributed by atoms with Gasteiger partial charge in [-0.3, -0.25) is 0 Å². The van der Waals surface area contributed by atoms with Crippen LogP contribution in [0.15, 0.2) is 71.3 Å². The summed E-state index contributed by atoms with van der Waals surface area (Å²) in [5, 5.41) is 4.19. The van der Waals surface area contributed by atoms with E-state index >= 15 is 0 Å². The van der Waals surface area contributed by atoms with E-state index in [1.807, 2.05) is 42.5 Å². The second-order valence-corrected chi connectivity index (χ2v) is 4.68. The first kappa shape index (κ1) is 12.6. The van der Waals surface area contributed by atoms with E-state index in [0.29, 0.717) is 12.3 Å². The van der Waals surface area contributed by atoms with Gasteiger partial charge in [-0.1, -0.05) is 65.8 Å². The summed E-state index contributed by atoms with van der Waals surface area (Å²) in [6.45, 7) is 0.364. The summed E-state index contributed by atoms with van der Waals surface area (Å²) in [6.07, 6.45) is 0. The van der Waals surface area contributed by atoms with E-state index < -0.39 is 0 Å². The minimum atomic E-state index is 0.0708. The van der Waals surface area contributed by atoms with Crippen LogP contribution in [0.4, 0.5) is 0 Å². The molecule has 0 aliphatic heterocycles. The van der Waals surface area contributed by atoms with Crippen LogP contribution in [0.25, 0.3) is 0 Å². The third kappa shape index (κ3) is 2.49. The fraction of sp³-hybridized carbons (Fsp3) is 0.118. The van der Waals surface area contributed by atoms with E-state index in [1.165, 1.54) is 11.1 Å². The van der Waals surface area contributed by atoms with E-state index in [1.54, 1.807) is 0 Å². The molecule has 0 bridgehead atoms. The lowest BCUT2D eigenvalue weighted by molar-refractivity contribution is 0.378. The van der Waals surface area contributed by atoms with Crippen LogP contribution in [-0.4, -0.2) is 5.16 Å². The first-order valence-electron chi connectivity index (χ1n) is 6.64. The quantitative estimate of drug-likeness (QED) is 0.786. The van der Waals surface area contributed by atoms with E-state index in [-0.39, 0.29) is 5.92 Å². The van der Waals surface area contributed by atoms with Gasteiger partial charge in [-0.05, 0) is 11.1 Å². The van der Waals surface area contributed by atoms with Crippen LogP contribution in [0.5, 0.6) is 0 Å². The van der Waals surface area contributed by atoms with E-state index in [0.717, 1.165) is 5.69 Å². The predicted octanol–water partition coefficient (Wildman–Crippen LogP) is 3.31. The number of aromatic nitrogens is 1. The maximum absolute atomic E-state index is 5.61. The van der Waals surface area contributed by atoms with Crippen molar-refractivity contribution >= 4 is 0 Å². The van der Waals surface area contributed by atoms with Crippen LogP contribution < -0.4 is 5.73 Å². The van der Waals surface area contributed by atoms with Crippen molar-refractivity contribution in [2.45, 2.75) is 12.5 Å². The van der Waals surface area contributed by atoms with Gasteiger partial charge in [-0.2, -0.15) is 0 Å². The first-order valence-corrected chi connectivity index (χ1v) is 6.64. The summed E-state index contributed by atoms with van der Waals surface area (Å²) in [7, 11) is 0. The van der Waals surface area contributed by atoms with Crippen molar-refractivity contribution in [2.75, 3.05) is 0 Å². The third-order valence-electron chi connectivity index (χ3n) is 3.34. The highest BCUT2D eigenvalue weighted by atomic mass is 16.5. The summed E-state index contributed by atoms with van der Waals surface area (Å²) >= 11 is 0. The minimum absolute atomic E-state index is 0.0708. The molecule has 3 rings (SSSR count). The van der Waals surface area contributed by atoms with Gasteiger partial charge in [0.25, 0.3) is 0 Å². The van der Waals surface area contributed by atoms with Crippen molar-refractivity contribution in [2.24, 2.45) is 5.73 Å².